The molecule has 1 saturated heterocycles. The second-order valence-electron chi connectivity index (χ2n) is 4.22. The Morgan fingerprint density at radius 2 is 2.29 bits per heavy atom. The summed E-state index contributed by atoms with van der Waals surface area (Å²) in [4.78, 5) is 11.5. The Bertz CT molecular complexity index is 218. The van der Waals surface area contributed by atoms with Crippen LogP contribution in [0.4, 0.5) is 0 Å². The molecule has 1 heterocycles. The molecule has 1 aliphatic heterocycles. The van der Waals surface area contributed by atoms with E-state index in [-0.39, 0.29) is 5.91 Å². The average Bonchev–Trinajstić information content (AvgIpc) is 2.87. The summed E-state index contributed by atoms with van der Waals surface area (Å²) in [6.45, 7) is 3.28. The molecular weight excluding hydrogens is 196 g/mol. The molecule has 1 amide bonds. The van der Waals surface area contributed by atoms with Crippen LogP contribution in [0.3, 0.4) is 0 Å². The molecule has 4 heteroatoms. The van der Waals surface area contributed by atoms with Gasteiger partial charge in [-0.15, -0.1) is 11.8 Å². The normalized spacial score (nSPS) is 32.6. The maximum Gasteiger partial charge on any atom is 0.222 e. The fraction of sp³-hybridized carbons (Fsp3) is 0.900. The van der Waals surface area contributed by atoms with E-state index < -0.39 is 0 Å². The van der Waals surface area contributed by atoms with Gasteiger partial charge in [0.1, 0.15) is 0 Å². The topological polar surface area (TPSA) is 41.1 Å². The first kappa shape index (κ1) is 10.3. The van der Waals surface area contributed by atoms with Crippen molar-refractivity contribution >= 4 is 17.7 Å². The van der Waals surface area contributed by atoms with Crippen LogP contribution in [-0.4, -0.2) is 29.1 Å². The number of hydrogen-bond donors (Lipinski definition) is 2. The van der Waals surface area contributed by atoms with E-state index in [1.54, 1.807) is 0 Å². The van der Waals surface area contributed by atoms with E-state index in [4.69, 9.17) is 0 Å². The van der Waals surface area contributed by atoms with Gasteiger partial charge in [-0.05, 0) is 25.8 Å². The van der Waals surface area contributed by atoms with Crippen LogP contribution in [0.1, 0.15) is 32.6 Å². The van der Waals surface area contributed by atoms with Gasteiger partial charge in [0.15, 0.2) is 0 Å². The molecule has 0 aromatic carbocycles. The van der Waals surface area contributed by atoms with Crippen molar-refractivity contribution < 1.29 is 4.79 Å². The quantitative estimate of drug-likeness (QED) is 0.739. The third-order valence-corrected chi connectivity index (χ3v) is 3.99. The standard InChI is InChI=1S/C10H18N2OS/c1-7-4-5-11-10(14-7)6-9(13)12-8-2-3-8/h7-8,10-11H,2-6H2,1H3,(H,12,13). The van der Waals surface area contributed by atoms with Gasteiger partial charge in [-0.2, -0.15) is 0 Å². The van der Waals surface area contributed by atoms with Gasteiger partial charge in [-0.25, -0.2) is 0 Å². The highest BCUT2D eigenvalue weighted by Gasteiger charge is 2.26. The van der Waals surface area contributed by atoms with Crippen LogP contribution in [0, 0.1) is 0 Å². The summed E-state index contributed by atoms with van der Waals surface area (Å²) in [6, 6.07) is 0.494. The number of nitrogens with one attached hydrogen (secondary N) is 2. The van der Waals surface area contributed by atoms with Gasteiger partial charge in [0.25, 0.3) is 0 Å². The summed E-state index contributed by atoms with van der Waals surface area (Å²) in [5.41, 5.74) is 0. The fourth-order valence-electron chi connectivity index (χ4n) is 1.65. The average molecular weight is 214 g/mol. The highest BCUT2D eigenvalue weighted by atomic mass is 32.2. The number of hydrogen-bond acceptors (Lipinski definition) is 3. The summed E-state index contributed by atoms with van der Waals surface area (Å²) in [6.07, 6.45) is 4.19. The number of carbonyl (C=O) groups excluding carboxylic acids is 1. The summed E-state index contributed by atoms with van der Waals surface area (Å²) in [5.74, 6) is 0.214. The van der Waals surface area contributed by atoms with E-state index in [0.717, 1.165) is 6.54 Å². The zero-order valence-electron chi connectivity index (χ0n) is 8.58. The number of carbonyl (C=O) groups is 1. The number of rotatable bonds is 3. The molecule has 3 nitrogen and oxygen atoms in total. The lowest BCUT2D eigenvalue weighted by Gasteiger charge is -2.27. The molecule has 1 aliphatic carbocycles. The lowest BCUT2D eigenvalue weighted by Crippen LogP contribution is -2.39. The van der Waals surface area contributed by atoms with Crippen LogP contribution < -0.4 is 10.6 Å². The van der Waals surface area contributed by atoms with Crippen LogP contribution in [0.2, 0.25) is 0 Å². The van der Waals surface area contributed by atoms with Gasteiger partial charge in [0, 0.05) is 11.3 Å². The Kier molecular flexibility index (Phi) is 3.34. The predicted octanol–water partition coefficient (Wildman–Crippen LogP) is 1.10. The Labute approximate surface area is 89.4 Å². The Morgan fingerprint density at radius 3 is 2.93 bits per heavy atom. The first-order valence-corrected chi connectivity index (χ1v) is 6.36. The van der Waals surface area contributed by atoms with Crippen LogP contribution in [0.15, 0.2) is 0 Å². The van der Waals surface area contributed by atoms with Crippen LogP contribution in [0.25, 0.3) is 0 Å². The van der Waals surface area contributed by atoms with Crippen molar-refractivity contribution in [3.8, 4) is 0 Å². The van der Waals surface area contributed by atoms with Gasteiger partial charge >= 0.3 is 0 Å². The second-order valence-corrected chi connectivity index (χ2v) is 5.87. The molecule has 0 aromatic rings. The Hall–Kier alpha value is -0.220. The molecule has 2 aliphatic rings. The van der Waals surface area contributed by atoms with Crippen molar-refractivity contribution in [1.82, 2.24) is 10.6 Å². The lowest BCUT2D eigenvalue weighted by atomic mass is 10.3. The molecule has 2 N–H and O–H groups in total. The highest BCUT2D eigenvalue weighted by Crippen LogP contribution is 2.25. The third-order valence-electron chi connectivity index (χ3n) is 2.63. The summed E-state index contributed by atoms with van der Waals surface area (Å²) >= 11 is 1.89. The molecule has 2 fully saturated rings. The van der Waals surface area contributed by atoms with Crippen LogP contribution in [-0.2, 0) is 4.79 Å². The molecule has 80 valence electrons. The minimum atomic E-state index is 0.214. The summed E-state index contributed by atoms with van der Waals surface area (Å²) in [5, 5.41) is 7.42. The van der Waals surface area contributed by atoms with Crippen LogP contribution >= 0.6 is 11.8 Å². The molecule has 14 heavy (non-hydrogen) atoms. The van der Waals surface area contributed by atoms with Gasteiger partial charge in [0.2, 0.25) is 5.91 Å². The maximum atomic E-state index is 11.5. The van der Waals surface area contributed by atoms with Crippen molar-refractivity contribution in [3.05, 3.63) is 0 Å². The van der Waals surface area contributed by atoms with Gasteiger partial charge in [-0.3, -0.25) is 4.79 Å². The largest absolute Gasteiger partial charge is 0.353 e. The van der Waals surface area contributed by atoms with Crippen molar-refractivity contribution in [2.24, 2.45) is 0 Å². The summed E-state index contributed by atoms with van der Waals surface area (Å²) in [7, 11) is 0. The highest BCUT2D eigenvalue weighted by molar-refractivity contribution is 8.00. The lowest BCUT2D eigenvalue weighted by molar-refractivity contribution is -0.121. The monoisotopic (exact) mass is 214 g/mol. The SMILES string of the molecule is CC1CCNC(CC(=O)NC2CC2)S1. The second kappa shape index (κ2) is 4.53. The Morgan fingerprint density at radius 1 is 1.50 bits per heavy atom. The van der Waals surface area contributed by atoms with Gasteiger partial charge in [-0.1, -0.05) is 6.92 Å². The molecule has 2 rings (SSSR count). The number of amides is 1. The third kappa shape index (κ3) is 3.17. The molecule has 0 aromatic heterocycles. The molecule has 0 radical (unpaired) electrons. The maximum absolute atomic E-state index is 11.5. The molecule has 1 saturated carbocycles. The van der Waals surface area contributed by atoms with Crippen molar-refractivity contribution in [2.45, 2.75) is 49.3 Å². The first-order chi connectivity index (χ1) is 6.74. The van der Waals surface area contributed by atoms with Crippen molar-refractivity contribution in [2.75, 3.05) is 6.54 Å². The van der Waals surface area contributed by atoms with Crippen molar-refractivity contribution in [3.63, 3.8) is 0 Å². The zero-order valence-corrected chi connectivity index (χ0v) is 9.40. The van der Waals surface area contributed by atoms with E-state index >= 15 is 0 Å². The summed E-state index contributed by atoms with van der Waals surface area (Å²) < 4.78 is 0. The molecular formula is C10H18N2OS. The van der Waals surface area contributed by atoms with Crippen molar-refractivity contribution in [1.29, 1.82) is 0 Å². The molecule has 2 atom stereocenters. The van der Waals surface area contributed by atoms with E-state index in [2.05, 4.69) is 17.6 Å². The Balaban J connectivity index is 1.69. The fourth-order valence-corrected chi connectivity index (χ4v) is 2.92. The van der Waals surface area contributed by atoms with E-state index in [1.807, 2.05) is 11.8 Å². The van der Waals surface area contributed by atoms with Crippen LogP contribution in [0.5, 0.6) is 0 Å². The first-order valence-electron chi connectivity index (χ1n) is 5.42. The molecule has 2 unspecified atom stereocenters. The minimum Gasteiger partial charge on any atom is -0.353 e. The minimum absolute atomic E-state index is 0.214. The van der Waals surface area contributed by atoms with E-state index in [9.17, 15) is 4.79 Å². The smallest absolute Gasteiger partial charge is 0.222 e. The van der Waals surface area contributed by atoms with Gasteiger partial charge in [0.05, 0.1) is 11.8 Å². The molecule has 0 spiro atoms. The number of thioether (sulfide) groups is 1. The molecule has 0 bridgehead atoms. The predicted molar refractivity (Wildman–Crippen MR) is 59.2 cm³/mol. The van der Waals surface area contributed by atoms with E-state index in [0.29, 0.717) is 23.1 Å². The zero-order chi connectivity index (χ0) is 9.97. The van der Waals surface area contributed by atoms with E-state index in [1.165, 1.54) is 19.3 Å². The van der Waals surface area contributed by atoms with Gasteiger partial charge < -0.3 is 10.6 Å².